The van der Waals surface area contributed by atoms with E-state index in [1.54, 1.807) is 0 Å². The van der Waals surface area contributed by atoms with Gasteiger partial charge in [0.25, 0.3) is 0 Å². The lowest BCUT2D eigenvalue weighted by Gasteiger charge is -2.37. The van der Waals surface area contributed by atoms with Gasteiger partial charge in [-0.05, 0) is 33.2 Å². The van der Waals surface area contributed by atoms with E-state index in [1.165, 1.54) is 38.8 Å². The number of rotatable bonds is 2. The fraction of sp³-hybridized carbons (Fsp3) is 1.00. The fourth-order valence-electron chi connectivity index (χ4n) is 3.00. The fourth-order valence-corrected chi connectivity index (χ4v) is 3.00. The first-order valence-electron chi connectivity index (χ1n) is 6.85. The molecule has 0 aromatic heterocycles. The van der Waals surface area contributed by atoms with Gasteiger partial charge in [-0.3, -0.25) is 4.90 Å². The average Bonchev–Trinajstić information content (AvgIpc) is 2.44. The molecule has 1 N–H and O–H groups in total. The highest BCUT2D eigenvalue weighted by atomic mass is 16.5. The van der Waals surface area contributed by atoms with E-state index in [4.69, 9.17) is 4.74 Å². The Morgan fingerprint density at radius 1 is 1.12 bits per heavy atom. The molecule has 0 aromatic rings. The van der Waals surface area contributed by atoms with Crippen molar-refractivity contribution in [1.82, 2.24) is 10.2 Å². The van der Waals surface area contributed by atoms with Crippen molar-refractivity contribution in [1.29, 1.82) is 0 Å². The second-order valence-corrected chi connectivity index (χ2v) is 5.48. The van der Waals surface area contributed by atoms with Gasteiger partial charge in [-0.25, -0.2) is 0 Å². The Hall–Kier alpha value is -0.120. The maximum Gasteiger partial charge on any atom is 0.0678 e. The van der Waals surface area contributed by atoms with E-state index in [1.807, 2.05) is 0 Å². The van der Waals surface area contributed by atoms with Crippen LogP contribution in [0.1, 0.15) is 39.5 Å². The van der Waals surface area contributed by atoms with Crippen LogP contribution >= 0.6 is 0 Å². The van der Waals surface area contributed by atoms with E-state index in [0.717, 1.165) is 13.1 Å². The Balaban J connectivity index is 1.78. The Bertz CT molecular complexity index is 192. The summed E-state index contributed by atoms with van der Waals surface area (Å²) in [7, 11) is 0. The molecule has 94 valence electrons. The van der Waals surface area contributed by atoms with Crippen LogP contribution < -0.4 is 5.32 Å². The normalized spacial score (nSPS) is 38.2. The largest absolute Gasteiger partial charge is 0.373 e. The molecule has 0 aromatic carbocycles. The number of ether oxygens (including phenoxy) is 1. The highest BCUT2D eigenvalue weighted by Gasteiger charge is 2.24. The first-order valence-corrected chi connectivity index (χ1v) is 6.85. The molecule has 2 fully saturated rings. The summed E-state index contributed by atoms with van der Waals surface area (Å²) in [6, 6.07) is 0.708. The molecule has 0 spiro atoms. The predicted molar refractivity (Wildman–Crippen MR) is 66.7 cm³/mol. The van der Waals surface area contributed by atoms with Gasteiger partial charge in [0.15, 0.2) is 0 Å². The van der Waals surface area contributed by atoms with Crippen LogP contribution in [0.25, 0.3) is 0 Å². The quantitative estimate of drug-likeness (QED) is 0.774. The highest BCUT2D eigenvalue weighted by molar-refractivity contribution is 4.79. The Morgan fingerprint density at radius 2 is 1.88 bits per heavy atom. The number of morpholine rings is 1. The van der Waals surface area contributed by atoms with Crippen molar-refractivity contribution in [3.63, 3.8) is 0 Å². The van der Waals surface area contributed by atoms with Crippen molar-refractivity contribution < 1.29 is 4.74 Å². The number of hydrogen-bond donors (Lipinski definition) is 1. The second-order valence-electron chi connectivity index (χ2n) is 5.48. The lowest BCUT2D eigenvalue weighted by Crippen LogP contribution is -2.50. The smallest absolute Gasteiger partial charge is 0.0678 e. The molecule has 2 aliphatic rings. The molecular formula is C13H26N2O. The van der Waals surface area contributed by atoms with Crippen molar-refractivity contribution >= 4 is 0 Å². The summed E-state index contributed by atoms with van der Waals surface area (Å²) in [5, 5.41) is 3.68. The standard InChI is InChI=1S/C13H26N2O/c1-11-8-15(9-12(2)16-11)10-13-6-4-3-5-7-14-13/h11-14H,3-10H2,1-2H3/t11-,12-,13-/m1/s1. The Morgan fingerprint density at radius 3 is 2.62 bits per heavy atom. The lowest BCUT2D eigenvalue weighted by molar-refractivity contribution is -0.0699. The van der Waals surface area contributed by atoms with Gasteiger partial charge in [0.2, 0.25) is 0 Å². The van der Waals surface area contributed by atoms with Crippen LogP contribution in [-0.2, 0) is 4.74 Å². The summed E-state index contributed by atoms with van der Waals surface area (Å²) >= 11 is 0. The highest BCUT2D eigenvalue weighted by Crippen LogP contribution is 2.14. The van der Waals surface area contributed by atoms with E-state index in [9.17, 15) is 0 Å². The van der Waals surface area contributed by atoms with Crippen LogP contribution in [-0.4, -0.2) is 49.3 Å². The maximum atomic E-state index is 5.77. The van der Waals surface area contributed by atoms with Crippen LogP contribution in [0.2, 0.25) is 0 Å². The minimum absolute atomic E-state index is 0.398. The monoisotopic (exact) mass is 226 g/mol. The van der Waals surface area contributed by atoms with Gasteiger partial charge in [0.1, 0.15) is 0 Å². The maximum absolute atomic E-state index is 5.77. The average molecular weight is 226 g/mol. The third-order valence-corrected chi connectivity index (χ3v) is 3.64. The van der Waals surface area contributed by atoms with Gasteiger partial charge in [-0.2, -0.15) is 0 Å². The summed E-state index contributed by atoms with van der Waals surface area (Å²) in [6.07, 6.45) is 6.29. The molecule has 2 rings (SSSR count). The second kappa shape index (κ2) is 5.99. The van der Waals surface area contributed by atoms with Crippen molar-refractivity contribution in [2.75, 3.05) is 26.2 Å². The first-order chi connectivity index (χ1) is 7.74. The van der Waals surface area contributed by atoms with Gasteiger partial charge < -0.3 is 10.1 Å². The Kier molecular flexibility index (Phi) is 4.62. The molecule has 2 aliphatic heterocycles. The van der Waals surface area contributed by atoms with Crippen molar-refractivity contribution in [3.05, 3.63) is 0 Å². The summed E-state index contributed by atoms with van der Waals surface area (Å²) in [4.78, 5) is 2.57. The summed E-state index contributed by atoms with van der Waals surface area (Å²) in [5.74, 6) is 0. The number of hydrogen-bond acceptors (Lipinski definition) is 3. The SMILES string of the molecule is C[C@@H]1CN(C[C@H]2CCCCCN2)C[C@@H](C)O1. The summed E-state index contributed by atoms with van der Waals surface area (Å²) in [6.45, 7) is 8.98. The Labute approximate surface area is 99.5 Å². The van der Waals surface area contributed by atoms with Gasteiger partial charge in [0.05, 0.1) is 12.2 Å². The van der Waals surface area contributed by atoms with Gasteiger partial charge in [-0.15, -0.1) is 0 Å². The molecule has 3 heteroatoms. The van der Waals surface area contributed by atoms with Gasteiger partial charge in [0, 0.05) is 25.7 Å². The van der Waals surface area contributed by atoms with Gasteiger partial charge >= 0.3 is 0 Å². The van der Waals surface area contributed by atoms with Crippen molar-refractivity contribution in [3.8, 4) is 0 Å². The summed E-state index contributed by atoms with van der Waals surface area (Å²) in [5.41, 5.74) is 0. The molecule has 0 saturated carbocycles. The zero-order valence-electron chi connectivity index (χ0n) is 10.7. The molecule has 16 heavy (non-hydrogen) atoms. The number of nitrogens with one attached hydrogen (secondary N) is 1. The third kappa shape index (κ3) is 3.72. The molecule has 2 saturated heterocycles. The zero-order valence-corrected chi connectivity index (χ0v) is 10.7. The van der Waals surface area contributed by atoms with Crippen LogP contribution in [0.3, 0.4) is 0 Å². The third-order valence-electron chi connectivity index (χ3n) is 3.64. The molecular weight excluding hydrogens is 200 g/mol. The molecule has 0 unspecified atom stereocenters. The van der Waals surface area contributed by atoms with E-state index in [2.05, 4.69) is 24.1 Å². The molecule has 3 nitrogen and oxygen atoms in total. The van der Waals surface area contributed by atoms with Crippen LogP contribution in [0.4, 0.5) is 0 Å². The lowest BCUT2D eigenvalue weighted by atomic mass is 10.1. The van der Waals surface area contributed by atoms with Crippen LogP contribution in [0, 0.1) is 0 Å². The molecule has 0 radical (unpaired) electrons. The molecule has 0 amide bonds. The van der Waals surface area contributed by atoms with Gasteiger partial charge in [-0.1, -0.05) is 12.8 Å². The molecule has 2 heterocycles. The minimum atomic E-state index is 0.398. The molecule has 0 bridgehead atoms. The molecule has 0 aliphatic carbocycles. The van der Waals surface area contributed by atoms with Crippen molar-refractivity contribution in [2.45, 2.75) is 57.8 Å². The molecule has 3 atom stereocenters. The van der Waals surface area contributed by atoms with Crippen LogP contribution in [0.5, 0.6) is 0 Å². The predicted octanol–water partition coefficient (Wildman–Crippen LogP) is 1.63. The van der Waals surface area contributed by atoms with Crippen molar-refractivity contribution in [2.24, 2.45) is 0 Å². The first kappa shape index (κ1) is 12.3. The minimum Gasteiger partial charge on any atom is -0.373 e. The van der Waals surface area contributed by atoms with E-state index < -0.39 is 0 Å². The van der Waals surface area contributed by atoms with Crippen LogP contribution in [0.15, 0.2) is 0 Å². The van der Waals surface area contributed by atoms with E-state index in [-0.39, 0.29) is 0 Å². The zero-order chi connectivity index (χ0) is 11.4. The topological polar surface area (TPSA) is 24.5 Å². The summed E-state index contributed by atoms with van der Waals surface area (Å²) < 4.78 is 5.77. The van der Waals surface area contributed by atoms with E-state index >= 15 is 0 Å². The number of nitrogens with zero attached hydrogens (tertiary/aromatic N) is 1. The van der Waals surface area contributed by atoms with E-state index in [0.29, 0.717) is 18.2 Å².